The molecule has 1 aliphatic carbocycles. The summed E-state index contributed by atoms with van der Waals surface area (Å²) in [6.07, 6.45) is 7.64. The van der Waals surface area contributed by atoms with Crippen LogP contribution in [0.3, 0.4) is 0 Å². The van der Waals surface area contributed by atoms with Gasteiger partial charge < -0.3 is 10.6 Å². The molecule has 0 saturated carbocycles. The molecular weight excluding hydrogens is 426 g/mol. The lowest BCUT2D eigenvalue weighted by Crippen LogP contribution is -2.28. The Bertz CT molecular complexity index is 1510. The molecule has 4 aromatic rings. The molecule has 2 N–H and O–H groups in total. The van der Waals surface area contributed by atoms with Crippen molar-refractivity contribution in [2.75, 3.05) is 10.6 Å². The molecule has 3 heteroatoms. The van der Waals surface area contributed by atoms with E-state index in [9.17, 15) is 0 Å². The Labute approximate surface area is 205 Å². The van der Waals surface area contributed by atoms with Crippen LogP contribution >= 0.6 is 0 Å². The molecule has 2 heterocycles. The number of allylic oxidation sites excluding steroid dienone is 3. The van der Waals surface area contributed by atoms with Crippen LogP contribution < -0.4 is 10.6 Å². The highest BCUT2D eigenvalue weighted by molar-refractivity contribution is 6.07. The first-order chi connectivity index (χ1) is 17.3. The fraction of sp³-hybridized carbons (Fsp3) is 0.0938. The molecule has 35 heavy (non-hydrogen) atoms. The molecule has 0 fully saturated rings. The molecule has 0 radical (unpaired) electrons. The van der Waals surface area contributed by atoms with E-state index in [4.69, 9.17) is 4.99 Å². The number of anilines is 3. The van der Waals surface area contributed by atoms with Gasteiger partial charge in [-0.1, -0.05) is 78.9 Å². The molecule has 4 aromatic carbocycles. The Kier molecular flexibility index (Phi) is 4.66. The molecule has 0 saturated heterocycles. The quantitative estimate of drug-likeness (QED) is 0.288. The van der Waals surface area contributed by atoms with Crippen LogP contribution in [-0.2, 0) is 6.42 Å². The molecule has 3 nitrogen and oxygen atoms in total. The van der Waals surface area contributed by atoms with Crippen molar-refractivity contribution in [3.63, 3.8) is 0 Å². The van der Waals surface area contributed by atoms with Crippen molar-refractivity contribution in [1.82, 2.24) is 0 Å². The Morgan fingerprint density at radius 1 is 0.686 bits per heavy atom. The first-order valence-electron chi connectivity index (χ1n) is 12.2. The average Bonchev–Trinajstić information content (AvgIpc) is 2.90. The van der Waals surface area contributed by atoms with Crippen LogP contribution in [-0.4, -0.2) is 5.71 Å². The Hall–Kier alpha value is -4.37. The number of aliphatic imine (C=N–C) groups is 1. The molecule has 3 aliphatic rings. The number of hydrogen-bond acceptors (Lipinski definition) is 3. The summed E-state index contributed by atoms with van der Waals surface area (Å²) in [5, 5.41) is 7.44. The molecule has 2 unspecified atom stereocenters. The Morgan fingerprint density at radius 3 is 2.31 bits per heavy atom. The zero-order valence-corrected chi connectivity index (χ0v) is 19.3. The van der Waals surface area contributed by atoms with Crippen molar-refractivity contribution in [3.8, 4) is 0 Å². The smallest absolute Gasteiger partial charge is 0.0651 e. The summed E-state index contributed by atoms with van der Waals surface area (Å²) in [4.78, 5) is 4.86. The predicted octanol–water partition coefficient (Wildman–Crippen LogP) is 7.73. The maximum Gasteiger partial charge on any atom is 0.0651 e. The lowest BCUT2D eigenvalue weighted by molar-refractivity contribution is 0.635. The van der Waals surface area contributed by atoms with Gasteiger partial charge in [-0.05, 0) is 58.7 Å². The maximum atomic E-state index is 4.86. The van der Waals surface area contributed by atoms with Gasteiger partial charge in [-0.3, -0.25) is 0 Å². The summed E-state index contributed by atoms with van der Waals surface area (Å²) in [7, 11) is 0. The second kappa shape index (κ2) is 8.14. The number of benzene rings is 4. The van der Waals surface area contributed by atoms with E-state index in [1.807, 2.05) is 30.3 Å². The van der Waals surface area contributed by atoms with Gasteiger partial charge in [-0.15, -0.1) is 0 Å². The topological polar surface area (TPSA) is 36.4 Å². The molecule has 0 amide bonds. The maximum absolute atomic E-state index is 4.86. The third kappa shape index (κ3) is 3.57. The van der Waals surface area contributed by atoms with Gasteiger partial charge >= 0.3 is 0 Å². The summed E-state index contributed by atoms with van der Waals surface area (Å²) in [5.41, 5.74) is 12.1. The first-order valence-corrected chi connectivity index (χ1v) is 12.2. The SMILES string of the molecule is C1=CC2C(=CC1=Nc1ccccc1)Nc1cc3c(cc1C2c1ccccc1)Cc1ccccc1N3. The largest absolute Gasteiger partial charge is 0.358 e. The predicted molar refractivity (Wildman–Crippen MR) is 145 cm³/mol. The number of para-hydroxylation sites is 2. The second-order valence-electron chi connectivity index (χ2n) is 9.43. The summed E-state index contributed by atoms with van der Waals surface area (Å²) >= 11 is 0. The zero-order valence-electron chi connectivity index (χ0n) is 19.3. The Balaban J connectivity index is 1.34. The van der Waals surface area contributed by atoms with Gasteiger partial charge in [0.15, 0.2) is 0 Å². The van der Waals surface area contributed by atoms with Crippen LogP contribution in [0.1, 0.15) is 28.2 Å². The summed E-state index contributed by atoms with van der Waals surface area (Å²) in [5.74, 6) is 0.484. The van der Waals surface area contributed by atoms with Crippen molar-refractivity contribution >= 4 is 28.5 Å². The molecule has 0 aromatic heterocycles. The fourth-order valence-corrected chi connectivity index (χ4v) is 5.58. The van der Waals surface area contributed by atoms with Gasteiger partial charge in [0.2, 0.25) is 0 Å². The zero-order chi connectivity index (χ0) is 23.2. The summed E-state index contributed by atoms with van der Waals surface area (Å²) in [6.45, 7) is 0. The number of nitrogens with zero attached hydrogens (tertiary/aromatic N) is 1. The second-order valence-corrected chi connectivity index (χ2v) is 9.43. The van der Waals surface area contributed by atoms with Gasteiger partial charge in [0.1, 0.15) is 0 Å². The van der Waals surface area contributed by atoms with Gasteiger partial charge in [-0.25, -0.2) is 4.99 Å². The normalized spacial score (nSPS) is 20.5. The van der Waals surface area contributed by atoms with E-state index in [0.29, 0.717) is 0 Å². The first kappa shape index (κ1) is 20.0. The number of fused-ring (bicyclic) bond motifs is 4. The van der Waals surface area contributed by atoms with Crippen LogP contribution in [0.5, 0.6) is 0 Å². The molecular formula is C32H25N3. The molecule has 2 aliphatic heterocycles. The number of rotatable bonds is 2. The van der Waals surface area contributed by atoms with E-state index in [1.165, 1.54) is 45.0 Å². The van der Waals surface area contributed by atoms with Crippen LogP contribution in [0.25, 0.3) is 0 Å². The lowest BCUT2D eigenvalue weighted by atomic mass is 9.73. The van der Waals surface area contributed by atoms with E-state index < -0.39 is 0 Å². The van der Waals surface area contributed by atoms with Crippen LogP contribution in [0, 0.1) is 5.92 Å². The molecule has 2 atom stereocenters. The van der Waals surface area contributed by atoms with E-state index >= 15 is 0 Å². The van der Waals surface area contributed by atoms with E-state index in [1.54, 1.807) is 0 Å². The fourth-order valence-electron chi connectivity index (χ4n) is 5.58. The van der Waals surface area contributed by atoms with Gasteiger partial charge in [0.05, 0.1) is 11.4 Å². The Morgan fingerprint density at radius 2 is 1.46 bits per heavy atom. The molecule has 0 spiro atoms. The highest BCUT2D eigenvalue weighted by atomic mass is 14.9. The third-order valence-electron chi connectivity index (χ3n) is 7.23. The van der Waals surface area contributed by atoms with E-state index in [-0.39, 0.29) is 11.8 Å². The highest BCUT2D eigenvalue weighted by Gasteiger charge is 2.35. The van der Waals surface area contributed by atoms with Crippen molar-refractivity contribution in [3.05, 3.63) is 143 Å². The van der Waals surface area contributed by atoms with Gasteiger partial charge in [-0.2, -0.15) is 0 Å². The number of hydrogen-bond donors (Lipinski definition) is 2. The minimum absolute atomic E-state index is 0.238. The van der Waals surface area contributed by atoms with Crippen LogP contribution in [0.2, 0.25) is 0 Å². The van der Waals surface area contributed by atoms with Crippen LogP contribution in [0.15, 0.2) is 126 Å². The highest BCUT2D eigenvalue weighted by Crippen LogP contribution is 2.48. The van der Waals surface area contributed by atoms with Crippen LogP contribution in [0.4, 0.5) is 22.7 Å². The van der Waals surface area contributed by atoms with Crippen molar-refractivity contribution in [2.45, 2.75) is 12.3 Å². The van der Waals surface area contributed by atoms with Crippen molar-refractivity contribution < 1.29 is 0 Å². The minimum atomic E-state index is 0.238. The average molecular weight is 452 g/mol. The van der Waals surface area contributed by atoms with E-state index in [2.05, 4.69) is 95.6 Å². The van der Waals surface area contributed by atoms with Gasteiger partial charge in [0, 0.05) is 41.0 Å². The van der Waals surface area contributed by atoms with Crippen molar-refractivity contribution in [2.24, 2.45) is 10.9 Å². The van der Waals surface area contributed by atoms with Gasteiger partial charge in [0.25, 0.3) is 0 Å². The molecule has 7 rings (SSSR count). The number of nitrogens with one attached hydrogen (secondary N) is 2. The monoisotopic (exact) mass is 451 g/mol. The third-order valence-corrected chi connectivity index (χ3v) is 7.23. The van der Waals surface area contributed by atoms with Crippen molar-refractivity contribution in [1.29, 1.82) is 0 Å². The summed E-state index contributed by atoms with van der Waals surface area (Å²) in [6, 6.07) is 34.3. The van der Waals surface area contributed by atoms with E-state index in [0.717, 1.165) is 17.8 Å². The summed E-state index contributed by atoms with van der Waals surface area (Å²) < 4.78 is 0. The molecule has 168 valence electrons. The lowest BCUT2D eigenvalue weighted by Gasteiger charge is -2.38. The standard InChI is InChI=1S/C32H25N3/c1-3-9-21(10-4-1)32-26-16-15-25(33-24-12-5-2-6-13-24)19-30(26)35-31-20-29-23(18-27(31)32)17-22-11-7-8-14-28(22)34-29/h1-16,18-20,26,32,34-35H,17H2. The molecule has 0 bridgehead atoms. The minimum Gasteiger partial charge on any atom is -0.358 e.